The van der Waals surface area contributed by atoms with Gasteiger partial charge in [0.2, 0.25) is 5.91 Å². The highest BCUT2D eigenvalue weighted by atomic mass is 16.2. The van der Waals surface area contributed by atoms with Gasteiger partial charge < -0.3 is 11.1 Å². The summed E-state index contributed by atoms with van der Waals surface area (Å²) in [6.45, 7) is 2.00. The number of carbonyl (C=O) groups excluding carboxylic acids is 1. The molecule has 0 aliphatic heterocycles. The van der Waals surface area contributed by atoms with Gasteiger partial charge in [0.05, 0.1) is 6.04 Å². The van der Waals surface area contributed by atoms with E-state index in [0.717, 1.165) is 12.0 Å². The van der Waals surface area contributed by atoms with Crippen LogP contribution in [0.25, 0.3) is 0 Å². The second-order valence-electron chi connectivity index (χ2n) is 5.40. The first-order valence-electron chi connectivity index (χ1n) is 7.29. The Morgan fingerprint density at radius 1 is 0.952 bits per heavy atom. The van der Waals surface area contributed by atoms with Crippen molar-refractivity contribution in [1.29, 1.82) is 0 Å². The average molecular weight is 282 g/mol. The Bertz CT molecular complexity index is 554. The second kappa shape index (κ2) is 7.60. The van der Waals surface area contributed by atoms with Crippen molar-refractivity contribution in [1.82, 2.24) is 5.32 Å². The maximum Gasteiger partial charge on any atom is 0.237 e. The van der Waals surface area contributed by atoms with Crippen molar-refractivity contribution in [3.8, 4) is 0 Å². The van der Waals surface area contributed by atoms with E-state index in [0.29, 0.717) is 6.42 Å². The molecule has 0 saturated carbocycles. The van der Waals surface area contributed by atoms with E-state index in [2.05, 4.69) is 17.4 Å². The van der Waals surface area contributed by atoms with Gasteiger partial charge in [0.1, 0.15) is 0 Å². The Morgan fingerprint density at radius 2 is 1.43 bits per heavy atom. The molecule has 2 rings (SSSR count). The van der Waals surface area contributed by atoms with Crippen LogP contribution < -0.4 is 11.1 Å². The molecule has 0 aliphatic carbocycles. The van der Waals surface area contributed by atoms with Crippen LogP contribution in [0.4, 0.5) is 0 Å². The quantitative estimate of drug-likeness (QED) is 0.854. The third kappa shape index (κ3) is 5.04. The highest BCUT2D eigenvalue weighted by Crippen LogP contribution is 2.05. The summed E-state index contributed by atoms with van der Waals surface area (Å²) in [5.74, 6) is -0.0951. The lowest BCUT2D eigenvalue weighted by atomic mass is 10.0. The van der Waals surface area contributed by atoms with Crippen LogP contribution in [0.3, 0.4) is 0 Å². The van der Waals surface area contributed by atoms with Crippen molar-refractivity contribution in [2.24, 2.45) is 5.73 Å². The van der Waals surface area contributed by atoms with Crippen LogP contribution in [0.15, 0.2) is 60.7 Å². The first-order valence-corrected chi connectivity index (χ1v) is 7.29. The molecule has 0 aliphatic rings. The minimum atomic E-state index is -0.509. The zero-order chi connectivity index (χ0) is 15.1. The van der Waals surface area contributed by atoms with Crippen molar-refractivity contribution < 1.29 is 4.79 Å². The molecule has 0 heterocycles. The van der Waals surface area contributed by atoms with Gasteiger partial charge in [-0.3, -0.25) is 4.79 Å². The number of hydrogen-bond acceptors (Lipinski definition) is 2. The topological polar surface area (TPSA) is 55.1 Å². The summed E-state index contributed by atoms with van der Waals surface area (Å²) in [4.78, 5) is 12.1. The van der Waals surface area contributed by atoms with Gasteiger partial charge in [-0.25, -0.2) is 0 Å². The van der Waals surface area contributed by atoms with Gasteiger partial charge in [-0.15, -0.1) is 0 Å². The molecular weight excluding hydrogens is 260 g/mol. The van der Waals surface area contributed by atoms with Crippen molar-refractivity contribution in [2.75, 3.05) is 0 Å². The van der Waals surface area contributed by atoms with Crippen LogP contribution in [0.1, 0.15) is 18.1 Å². The molecule has 21 heavy (non-hydrogen) atoms. The Labute approximate surface area is 126 Å². The van der Waals surface area contributed by atoms with Crippen molar-refractivity contribution in [3.63, 3.8) is 0 Å². The lowest BCUT2D eigenvalue weighted by Gasteiger charge is -2.17. The molecule has 0 aromatic heterocycles. The first kappa shape index (κ1) is 15.3. The molecule has 3 heteroatoms. The van der Waals surface area contributed by atoms with Crippen molar-refractivity contribution >= 4 is 5.91 Å². The first-order chi connectivity index (χ1) is 10.1. The summed E-state index contributed by atoms with van der Waals surface area (Å²) in [7, 11) is 0. The number of nitrogens with one attached hydrogen (secondary N) is 1. The fraction of sp³-hybridized carbons (Fsp3) is 0.278. The van der Waals surface area contributed by atoms with E-state index in [9.17, 15) is 4.79 Å². The zero-order valence-corrected chi connectivity index (χ0v) is 12.3. The molecule has 2 atom stereocenters. The summed E-state index contributed by atoms with van der Waals surface area (Å²) in [5, 5.41) is 2.98. The van der Waals surface area contributed by atoms with E-state index in [-0.39, 0.29) is 11.9 Å². The van der Waals surface area contributed by atoms with E-state index in [4.69, 9.17) is 5.73 Å². The number of amides is 1. The SMILES string of the molecule is C[C@@H](Cc1ccccc1)NC(=O)[C@H](N)Cc1ccccc1. The molecule has 0 fully saturated rings. The Hall–Kier alpha value is -2.13. The summed E-state index contributed by atoms with van der Waals surface area (Å²) in [6, 6.07) is 19.5. The second-order valence-corrected chi connectivity index (χ2v) is 5.40. The number of hydrogen-bond donors (Lipinski definition) is 2. The third-order valence-corrected chi connectivity index (χ3v) is 3.41. The van der Waals surface area contributed by atoms with Crippen LogP contribution in [0.2, 0.25) is 0 Å². The predicted molar refractivity (Wildman–Crippen MR) is 85.9 cm³/mol. The third-order valence-electron chi connectivity index (χ3n) is 3.41. The fourth-order valence-electron chi connectivity index (χ4n) is 2.33. The molecule has 3 N–H and O–H groups in total. The van der Waals surface area contributed by atoms with Crippen LogP contribution in [-0.4, -0.2) is 18.0 Å². The van der Waals surface area contributed by atoms with Gasteiger partial charge in [-0.05, 0) is 30.9 Å². The van der Waals surface area contributed by atoms with Gasteiger partial charge in [0, 0.05) is 6.04 Å². The molecule has 110 valence electrons. The molecule has 0 radical (unpaired) electrons. The summed E-state index contributed by atoms with van der Waals surface area (Å²) < 4.78 is 0. The van der Waals surface area contributed by atoms with Gasteiger partial charge in [-0.1, -0.05) is 60.7 Å². The zero-order valence-electron chi connectivity index (χ0n) is 12.3. The number of carbonyl (C=O) groups is 1. The van der Waals surface area contributed by atoms with E-state index < -0.39 is 6.04 Å². The maximum absolute atomic E-state index is 12.1. The largest absolute Gasteiger partial charge is 0.352 e. The summed E-state index contributed by atoms with van der Waals surface area (Å²) in [6.07, 6.45) is 1.37. The molecule has 0 unspecified atom stereocenters. The molecular formula is C18H22N2O. The maximum atomic E-state index is 12.1. The Morgan fingerprint density at radius 3 is 1.95 bits per heavy atom. The lowest BCUT2D eigenvalue weighted by Crippen LogP contribution is -2.46. The molecule has 2 aromatic carbocycles. The van der Waals surface area contributed by atoms with Crippen LogP contribution in [-0.2, 0) is 17.6 Å². The standard InChI is InChI=1S/C18H22N2O/c1-14(12-15-8-4-2-5-9-15)20-18(21)17(19)13-16-10-6-3-7-11-16/h2-11,14,17H,12-13,19H2,1H3,(H,20,21)/t14-,17+/m0/s1. The molecule has 0 spiro atoms. The number of rotatable bonds is 6. The van der Waals surface area contributed by atoms with Gasteiger partial charge in [0.15, 0.2) is 0 Å². The Kier molecular flexibility index (Phi) is 5.52. The molecule has 2 aromatic rings. The predicted octanol–water partition coefficient (Wildman–Crippen LogP) is 2.30. The van der Waals surface area contributed by atoms with Crippen molar-refractivity contribution in [3.05, 3.63) is 71.8 Å². The van der Waals surface area contributed by atoms with Crippen LogP contribution >= 0.6 is 0 Å². The van der Waals surface area contributed by atoms with Crippen molar-refractivity contribution in [2.45, 2.75) is 31.8 Å². The molecule has 3 nitrogen and oxygen atoms in total. The van der Waals surface area contributed by atoms with Gasteiger partial charge >= 0.3 is 0 Å². The molecule has 0 saturated heterocycles. The summed E-state index contributed by atoms with van der Waals surface area (Å²) >= 11 is 0. The van der Waals surface area contributed by atoms with E-state index >= 15 is 0 Å². The lowest BCUT2D eigenvalue weighted by molar-refractivity contribution is -0.122. The summed E-state index contributed by atoms with van der Waals surface area (Å²) in [5.41, 5.74) is 8.27. The number of nitrogens with two attached hydrogens (primary N) is 1. The monoisotopic (exact) mass is 282 g/mol. The van der Waals surface area contributed by atoms with Gasteiger partial charge in [-0.2, -0.15) is 0 Å². The number of benzene rings is 2. The van der Waals surface area contributed by atoms with Gasteiger partial charge in [0.25, 0.3) is 0 Å². The van der Waals surface area contributed by atoms with E-state index in [1.165, 1.54) is 5.56 Å². The van der Waals surface area contributed by atoms with E-state index in [1.807, 2.05) is 55.5 Å². The van der Waals surface area contributed by atoms with E-state index in [1.54, 1.807) is 0 Å². The normalized spacial score (nSPS) is 13.4. The Balaban J connectivity index is 1.83. The molecule has 1 amide bonds. The average Bonchev–Trinajstić information content (AvgIpc) is 2.49. The minimum absolute atomic E-state index is 0.0710. The highest BCUT2D eigenvalue weighted by Gasteiger charge is 2.16. The fourth-order valence-corrected chi connectivity index (χ4v) is 2.33. The van der Waals surface area contributed by atoms with Crippen LogP contribution in [0.5, 0.6) is 0 Å². The smallest absolute Gasteiger partial charge is 0.237 e. The highest BCUT2D eigenvalue weighted by molar-refractivity contribution is 5.82. The molecule has 0 bridgehead atoms. The minimum Gasteiger partial charge on any atom is -0.352 e. The van der Waals surface area contributed by atoms with Crippen LogP contribution in [0, 0.1) is 0 Å².